The Balaban J connectivity index is 1.95. The van der Waals surface area contributed by atoms with E-state index in [2.05, 4.69) is 6.92 Å². The number of hydrogen-bond donors (Lipinski definition) is 1. The second-order valence-electron chi connectivity index (χ2n) is 5.64. The lowest BCUT2D eigenvalue weighted by Crippen LogP contribution is -2.39. The van der Waals surface area contributed by atoms with Crippen molar-refractivity contribution in [2.75, 3.05) is 6.61 Å². The van der Waals surface area contributed by atoms with Crippen LogP contribution in [0.1, 0.15) is 58.3 Å². The molecule has 0 aromatic heterocycles. The number of hydrogen-bond acceptors (Lipinski definition) is 1. The molecule has 0 aromatic carbocycles. The third-order valence-corrected chi connectivity index (χ3v) is 4.64. The van der Waals surface area contributed by atoms with E-state index in [0.29, 0.717) is 17.4 Å². The first-order chi connectivity index (χ1) is 6.18. The molecule has 0 aliphatic heterocycles. The summed E-state index contributed by atoms with van der Waals surface area (Å²) in [7, 11) is 0. The van der Waals surface area contributed by atoms with Gasteiger partial charge in [-0.3, -0.25) is 0 Å². The Bertz CT molecular complexity index is 155. The molecule has 0 heterocycles. The quantitative estimate of drug-likeness (QED) is 0.711. The molecule has 2 bridgehead atoms. The molecule has 0 saturated heterocycles. The van der Waals surface area contributed by atoms with Gasteiger partial charge in [-0.25, -0.2) is 0 Å². The predicted octanol–water partition coefficient (Wildman–Crippen LogP) is 3.12. The fourth-order valence-electron chi connectivity index (χ4n) is 3.28. The van der Waals surface area contributed by atoms with Crippen molar-refractivity contribution in [2.24, 2.45) is 10.8 Å². The van der Waals surface area contributed by atoms with Gasteiger partial charge in [-0.1, -0.05) is 6.92 Å². The minimum Gasteiger partial charge on any atom is -0.396 e. The summed E-state index contributed by atoms with van der Waals surface area (Å²) in [5.74, 6) is 0. The van der Waals surface area contributed by atoms with Crippen molar-refractivity contribution in [1.82, 2.24) is 0 Å². The second kappa shape index (κ2) is 3.27. The molecule has 3 saturated carbocycles. The van der Waals surface area contributed by atoms with Gasteiger partial charge in [0.15, 0.2) is 0 Å². The van der Waals surface area contributed by atoms with E-state index in [-0.39, 0.29) is 0 Å². The maximum Gasteiger partial charge on any atom is 0.0431 e. The minimum atomic E-state index is 0.388. The van der Waals surface area contributed by atoms with Gasteiger partial charge in [0.2, 0.25) is 0 Å². The maximum absolute atomic E-state index is 8.87. The van der Waals surface area contributed by atoms with E-state index < -0.39 is 0 Å². The van der Waals surface area contributed by atoms with Crippen LogP contribution in [0.15, 0.2) is 0 Å². The highest BCUT2D eigenvalue weighted by Gasteiger charge is 2.45. The molecule has 0 spiro atoms. The second-order valence-corrected chi connectivity index (χ2v) is 5.64. The molecule has 13 heavy (non-hydrogen) atoms. The summed E-state index contributed by atoms with van der Waals surface area (Å²) < 4.78 is 0. The Labute approximate surface area is 81.5 Å². The van der Waals surface area contributed by atoms with Gasteiger partial charge in [-0.15, -0.1) is 0 Å². The summed E-state index contributed by atoms with van der Waals surface area (Å²) in [6, 6.07) is 0. The molecule has 3 aliphatic carbocycles. The van der Waals surface area contributed by atoms with Crippen molar-refractivity contribution in [3.63, 3.8) is 0 Å². The molecule has 1 N–H and O–H groups in total. The van der Waals surface area contributed by atoms with Crippen LogP contribution in [0.25, 0.3) is 0 Å². The van der Waals surface area contributed by atoms with Gasteiger partial charge in [-0.05, 0) is 62.2 Å². The van der Waals surface area contributed by atoms with Crippen LogP contribution in [-0.4, -0.2) is 11.7 Å². The molecule has 3 aliphatic rings. The molecule has 3 fully saturated rings. The average Bonchev–Trinajstić information content (AvgIpc) is 2.18. The number of fused-ring (bicyclic) bond motifs is 3. The molecule has 0 atom stereocenters. The number of aliphatic hydroxyl groups is 1. The van der Waals surface area contributed by atoms with Gasteiger partial charge in [0.05, 0.1) is 0 Å². The van der Waals surface area contributed by atoms with Crippen molar-refractivity contribution in [3.05, 3.63) is 0 Å². The zero-order valence-corrected chi connectivity index (χ0v) is 8.81. The molecular weight excluding hydrogens is 160 g/mol. The highest BCUT2D eigenvalue weighted by molar-refractivity contribution is 4.97. The van der Waals surface area contributed by atoms with Crippen molar-refractivity contribution >= 4 is 0 Å². The fourth-order valence-corrected chi connectivity index (χ4v) is 3.28. The lowest BCUT2D eigenvalue weighted by Gasteiger charge is -2.52. The van der Waals surface area contributed by atoms with E-state index in [1.54, 1.807) is 0 Å². The Morgan fingerprint density at radius 1 is 1.00 bits per heavy atom. The molecule has 0 amide bonds. The van der Waals surface area contributed by atoms with Crippen LogP contribution in [0.3, 0.4) is 0 Å². The Hall–Kier alpha value is -0.0400. The number of rotatable bonds is 3. The van der Waals surface area contributed by atoms with Gasteiger partial charge >= 0.3 is 0 Å². The van der Waals surface area contributed by atoms with E-state index in [1.807, 2.05) is 0 Å². The number of aliphatic hydroxyl groups excluding tert-OH is 1. The highest BCUT2D eigenvalue weighted by Crippen LogP contribution is 2.58. The van der Waals surface area contributed by atoms with Crippen LogP contribution in [0.2, 0.25) is 0 Å². The molecule has 0 radical (unpaired) electrons. The lowest BCUT2D eigenvalue weighted by molar-refractivity contribution is -0.00620. The van der Waals surface area contributed by atoms with Crippen LogP contribution in [-0.2, 0) is 0 Å². The lowest BCUT2D eigenvalue weighted by atomic mass is 9.53. The van der Waals surface area contributed by atoms with E-state index in [4.69, 9.17) is 5.11 Å². The van der Waals surface area contributed by atoms with Gasteiger partial charge in [0.25, 0.3) is 0 Å². The Morgan fingerprint density at radius 2 is 1.54 bits per heavy atom. The van der Waals surface area contributed by atoms with Crippen molar-refractivity contribution in [3.8, 4) is 0 Å². The smallest absolute Gasteiger partial charge is 0.0431 e. The first kappa shape index (κ1) is 9.51. The van der Waals surface area contributed by atoms with E-state index in [1.165, 1.54) is 44.9 Å². The third-order valence-electron chi connectivity index (χ3n) is 4.64. The van der Waals surface area contributed by atoms with Crippen molar-refractivity contribution in [1.29, 1.82) is 0 Å². The van der Waals surface area contributed by atoms with Crippen LogP contribution in [0, 0.1) is 10.8 Å². The average molecular weight is 182 g/mol. The van der Waals surface area contributed by atoms with E-state index >= 15 is 0 Å². The SMILES string of the molecule is CC12CCC(CCCO)(CC1)CC2. The molecule has 1 heteroatoms. The summed E-state index contributed by atoms with van der Waals surface area (Å²) >= 11 is 0. The highest BCUT2D eigenvalue weighted by atomic mass is 16.2. The Morgan fingerprint density at radius 3 is 2.00 bits per heavy atom. The van der Waals surface area contributed by atoms with Crippen LogP contribution >= 0.6 is 0 Å². The van der Waals surface area contributed by atoms with E-state index in [9.17, 15) is 0 Å². The van der Waals surface area contributed by atoms with Crippen molar-refractivity contribution < 1.29 is 5.11 Å². The Kier molecular flexibility index (Phi) is 2.39. The zero-order valence-electron chi connectivity index (χ0n) is 8.81. The summed E-state index contributed by atoms with van der Waals surface area (Å²) in [5, 5.41) is 8.87. The monoisotopic (exact) mass is 182 g/mol. The summed E-state index contributed by atoms with van der Waals surface area (Å²) in [4.78, 5) is 0. The molecule has 1 nitrogen and oxygen atoms in total. The molecule has 0 unspecified atom stereocenters. The van der Waals surface area contributed by atoms with E-state index in [0.717, 1.165) is 6.42 Å². The summed E-state index contributed by atoms with van der Waals surface area (Å²) in [6.45, 7) is 2.85. The minimum absolute atomic E-state index is 0.388. The van der Waals surface area contributed by atoms with Gasteiger partial charge in [0, 0.05) is 6.61 Å². The molecule has 0 aromatic rings. The van der Waals surface area contributed by atoms with Crippen LogP contribution < -0.4 is 0 Å². The largest absolute Gasteiger partial charge is 0.396 e. The zero-order chi connectivity index (χ0) is 9.36. The third kappa shape index (κ3) is 1.76. The molecule has 76 valence electrons. The van der Waals surface area contributed by atoms with Crippen LogP contribution in [0.5, 0.6) is 0 Å². The first-order valence-corrected chi connectivity index (χ1v) is 5.79. The predicted molar refractivity (Wildman–Crippen MR) is 54.6 cm³/mol. The van der Waals surface area contributed by atoms with Gasteiger partial charge in [-0.2, -0.15) is 0 Å². The molecular formula is C12H22O. The summed E-state index contributed by atoms with van der Waals surface area (Å²) in [6.07, 6.45) is 10.9. The topological polar surface area (TPSA) is 20.2 Å². The fraction of sp³-hybridized carbons (Fsp3) is 1.00. The van der Waals surface area contributed by atoms with Crippen LogP contribution in [0.4, 0.5) is 0 Å². The molecule has 3 rings (SSSR count). The maximum atomic E-state index is 8.87. The standard InChI is InChI=1S/C12H22O/c1-11-4-7-12(8-5-11,9-6-11)3-2-10-13/h13H,2-10H2,1H3. The van der Waals surface area contributed by atoms with Gasteiger partial charge in [0.1, 0.15) is 0 Å². The first-order valence-electron chi connectivity index (χ1n) is 5.79. The summed E-state index contributed by atoms with van der Waals surface area (Å²) in [5.41, 5.74) is 1.35. The normalized spacial score (nSPS) is 43.8. The van der Waals surface area contributed by atoms with Gasteiger partial charge < -0.3 is 5.11 Å². The van der Waals surface area contributed by atoms with Crippen molar-refractivity contribution in [2.45, 2.75) is 58.3 Å².